The monoisotopic (exact) mass is 241 g/mol. The van der Waals surface area contributed by atoms with E-state index in [4.69, 9.17) is 16.3 Å². The van der Waals surface area contributed by atoms with Gasteiger partial charge in [-0.05, 0) is 18.1 Å². The third-order valence-electron chi connectivity index (χ3n) is 2.78. The van der Waals surface area contributed by atoms with Crippen molar-refractivity contribution >= 4 is 17.4 Å². The Morgan fingerprint density at radius 3 is 2.88 bits per heavy atom. The van der Waals surface area contributed by atoms with Crippen molar-refractivity contribution in [3.05, 3.63) is 17.3 Å². The molecule has 0 amide bonds. The molecule has 0 bridgehead atoms. The van der Waals surface area contributed by atoms with Gasteiger partial charge in [-0.2, -0.15) is 0 Å². The van der Waals surface area contributed by atoms with E-state index in [1.165, 1.54) is 0 Å². The Morgan fingerprint density at radius 2 is 2.25 bits per heavy atom. The Morgan fingerprint density at radius 1 is 1.44 bits per heavy atom. The second-order valence-electron chi connectivity index (χ2n) is 4.31. The van der Waals surface area contributed by atoms with Gasteiger partial charge in [-0.25, -0.2) is 0 Å². The first-order valence-corrected chi connectivity index (χ1v) is 5.90. The Hall–Kier alpha value is -0.870. The summed E-state index contributed by atoms with van der Waals surface area (Å²) in [6.07, 6.45) is 0.270. The number of hydrogen-bond donors (Lipinski definition) is 0. The minimum atomic E-state index is 0.270. The average molecular weight is 242 g/mol. The molecule has 2 heterocycles. The van der Waals surface area contributed by atoms with Crippen LogP contribution in [0.15, 0.2) is 12.1 Å². The highest BCUT2D eigenvalue weighted by Gasteiger charge is 2.23. The van der Waals surface area contributed by atoms with Crippen molar-refractivity contribution in [3.63, 3.8) is 0 Å². The number of rotatable bonds is 2. The lowest BCUT2D eigenvalue weighted by molar-refractivity contribution is 0.0111. The third-order valence-corrected chi connectivity index (χ3v) is 2.98. The molecular weight excluding hydrogens is 226 g/mol. The Bertz CT molecular complexity index is 342. The van der Waals surface area contributed by atoms with Crippen LogP contribution >= 0.6 is 11.6 Å². The second-order valence-corrected chi connectivity index (χ2v) is 4.70. The van der Waals surface area contributed by atoms with Gasteiger partial charge in [-0.15, -0.1) is 10.2 Å². The largest absolute Gasteiger partial charge is 0.374 e. The molecular formula is C11H16ClN3O. The Kier molecular flexibility index (Phi) is 3.61. The molecule has 0 spiro atoms. The summed E-state index contributed by atoms with van der Waals surface area (Å²) in [6, 6.07) is 3.67. The molecule has 1 atom stereocenters. The number of nitrogens with zero attached hydrogens (tertiary/aromatic N) is 3. The van der Waals surface area contributed by atoms with Crippen molar-refractivity contribution in [2.75, 3.05) is 24.6 Å². The van der Waals surface area contributed by atoms with Crippen molar-refractivity contribution in [1.82, 2.24) is 10.2 Å². The molecule has 0 saturated carbocycles. The Labute approximate surface area is 101 Å². The molecule has 16 heavy (non-hydrogen) atoms. The van der Waals surface area contributed by atoms with Crippen LogP contribution in [0.2, 0.25) is 5.15 Å². The minimum absolute atomic E-state index is 0.270. The van der Waals surface area contributed by atoms with Gasteiger partial charge in [-0.3, -0.25) is 0 Å². The highest BCUT2D eigenvalue weighted by molar-refractivity contribution is 6.29. The van der Waals surface area contributed by atoms with Gasteiger partial charge in [0, 0.05) is 13.1 Å². The van der Waals surface area contributed by atoms with E-state index in [1.54, 1.807) is 6.07 Å². The fraction of sp³-hybridized carbons (Fsp3) is 0.636. The van der Waals surface area contributed by atoms with Crippen LogP contribution < -0.4 is 4.90 Å². The highest BCUT2D eigenvalue weighted by atomic mass is 35.5. The van der Waals surface area contributed by atoms with Gasteiger partial charge in [0.15, 0.2) is 11.0 Å². The molecule has 1 aromatic rings. The molecule has 88 valence electrons. The first-order valence-electron chi connectivity index (χ1n) is 5.52. The van der Waals surface area contributed by atoms with Gasteiger partial charge in [0.1, 0.15) is 0 Å². The normalized spacial score (nSPS) is 21.5. The number of anilines is 1. The van der Waals surface area contributed by atoms with Crippen LogP contribution in [0.1, 0.15) is 13.8 Å². The van der Waals surface area contributed by atoms with Crippen LogP contribution in [0.3, 0.4) is 0 Å². The molecule has 0 aliphatic carbocycles. The molecule has 1 aromatic heterocycles. The summed E-state index contributed by atoms with van der Waals surface area (Å²) in [4.78, 5) is 2.19. The number of halogens is 1. The molecule has 0 unspecified atom stereocenters. The summed E-state index contributed by atoms with van der Waals surface area (Å²) in [5.41, 5.74) is 0. The van der Waals surface area contributed by atoms with Gasteiger partial charge < -0.3 is 9.64 Å². The van der Waals surface area contributed by atoms with E-state index in [0.717, 1.165) is 25.5 Å². The Balaban J connectivity index is 2.06. The SMILES string of the molecule is CC(C)[C@H]1CN(c2ccc(Cl)nn2)CCO1. The van der Waals surface area contributed by atoms with Crippen molar-refractivity contribution in [2.24, 2.45) is 5.92 Å². The predicted octanol–water partition coefficient (Wildman–Crippen LogP) is 1.99. The molecule has 1 aliphatic rings. The van der Waals surface area contributed by atoms with Crippen LogP contribution in [0.5, 0.6) is 0 Å². The zero-order valence-electron chi connectivity index (χ0n) is 9.56. The average Bonchev–Trinajstić information content (AvgIpc) is 2.30. The molecule has 0 N–H and O–H groups in total. The molecule has 2 rings (SSSR count). The third kappa shape index (κ3) is 2.62. The molecule has 1 aliphatic heterocycles. The molecule has 1 saturated heterocycles. The lowest BCUT2D eigenvalue weighted by atomic mass is 10.1. The summed E-state index contributed by atoms with van der Waals surface area (Å²) in [5.74, 6) is 1.39. The van der Waals surface area contributed by atoms with Gasteiger partial charge >= 0.3 is 0 Å². The number of hydrogen-bond acceptors (Lipinski definition) is 4. The van der Waals surface area contributed by atoms with Crippen molar-refractivity contribution in [3.8, 4) is 0 Å². The summed E-state index contributed by atoms with van der Waals surface area (Å²) in [7, 11) is 0. The summed E-state index contributed by atoms with van der Waals surface area (Å²) < 4.78 is 5.70. The zero-order chi connectivity index (χ0) is 11.5. The molecule has 5 heteroatoms. The van der Waals surface area contributed by atoms with Gasteiger partial charge in [-0.1, -0.05) is 25.4 Å². The molecule has 0 aromatic carbocycles. The predicted molar refractivity (Wildman–Crippen MR) is 63.8 cm³/mol. The molecule has 1 fully saturated rings. The van der Waals surface area contributed by atoms with Crippen LogP contribution in [0.25, 0.3) is 0 Å². The highest BCUT2D eigenvalue weighted by Crippen LogP contribution is 2.18. The fourth-order valence-corrected chi connectivity index (χ4v) is 1.87. The van der Waals surface area contributed by atoms with Crippen molar-refractivity contribution in [2.45, 2.75) is 20.0 Å². The lowest BCUT2D eigenvalue weighted by Gasteiger charge is -2.35. The fourth-order valence-electron chi connectivity index (χ4n) is 1.76. The summed E-state index contributed by atoms with van der Waals surface area (Å²) >= 11 is 5.71. The second kappa shape index (κ2) is 4.97. The summed E-state index contributed by atoms with van der Waals surface area (Å²) in [6.45, 7) is 6.81. The van der Waals surface area contributed by atoms with E-state index in [0.29, 0.717) is 11.1 Å². The van der Waals surface area contributed by atoms with E-state index >= 15 is 0 Å². The van der Waals surface area contributed by atoms with Gasteiger partial charge in [0.25, 0.3) is 0 Å². The van der Waals surface area contributed by atoms with E-state index in [9.17, 15) is 0 Å². The first kappa shape index (κ1) is 11.6. The maximum Gasteiger partial charge on any atom is 0.151 e. The van der Waals surface area contributed by atoms with Crippen LogP contribution in [-0.2, 0) is 4.74 Å². The van der Waals surface area contributed by atoms with E-state index in [-0.39, 0.29) is 6.10 Å². The number of aromatic nitrogens is 2. The summed E-state index contributed by atoms with van der Waals surface area (Å²) in [5, 5.41) is 8.37. The van der Waals surface area contributed by atoms with Gasteiger partial charge in [0.2, 0.25) is 0 Å². The van der Waals surface area contributed by atoms with E-state index in [2.05, 4.69) is 28.9 Å². The van der Waals surface area contributed by atoms with Crippen LogP contribution in [-0.4, -0.2) is 36.0 Å². The molecule has 0 radical (unpaired) electrons. The van der Waals surface area contributed by atoms with Gasteiger partial charge in [0.05, 0.1) is 12.7 Å². The number of ether oxygens (including phenoxy) is 1. The molecule has 4 nitrogen and oxygen atoms in total. The zero-order valence-corrected chi connectivity index (χ0v) is 10.3. The topological polar surface area (TPSA) is 38.2 Å². The quantitative estimate of drug-likeness (QED) is 0.794. The van der Waals surface area contributed by atoms with Crippen LogP contribution in [0, 0.1) is 5.92 Å². The minimum Gasteiger partial charge on any atom is -0.374 e. The van der Waals surface area contributed by atoms with Crippen LogP contribution in [0.4, 0.5) is 5.82 Å². The van der Waals surface area contributed by atoms with Crippen molar-refractivity contribution < 1.29 is 4.74 Å². The van der Waals surface area contributed by atoms with Crippen molar-refractivity contribution in [1.29, 1.82) is 0 Å². The standard InChI is InChI=1S/C11H16ClN3O/c1-8(2)9-7-15(5-6-16-9)11-4-3-10(12)13-14-11/h3-4,8-9H,5-7H2,1-2H3/t9-/m1/s1. The maximum absolute atomic E-state index is 5.71. The number of morpholine rings is 1. The van der Waals surface area contributed by atoms with E-state index < -0.39 is 0 Å². The first-order chi connectivity index (χ1) is 7.66. The lowest BCUT2D eigenvalue weighted by Crippen LogP contribution is -2.45. The maximum atomic E-state index is 5.71. The smallest absolute Gasteiger partial charge is 0.151 e. The van der Waals surface area contributed by atoms with E-state index in [1.807, 2.05) is 6.07 Å².